The molecular formula is C15H22O. The van der Waals surface area contributed by atoms with E-state index in [4.69, 9.17) is 0 Å². The molecule has 3 saturated carbocycles. The maximum Gasteiger partial charge on any atom is 0.139 e. The second-order valence-corrected chi connectivity index (χ2v) is 6.95. The van der Waals surface area contributed by atoms with E-state index in [9.17, 15) is 4.79 Å². The van der Waals surface area contributed by atoms with Crippen molar-refractivity contribution in [3.05, 3.63) is 12.2 Å². The molecule has 16 heavy (non-hydrogen) atoms. The summed E-state index contributed by atoms with van der Waals surface area (Å²) < 4.78 is 0. The normalized spacial score (nSPS) is 49.6. The van der Waals surface area contributed by atoms with E-state index in [0.29, 0.717) is 11.2 Å². The standard InChI is InChI=1S/C15H22O/c1-10-5-8-15(9-11(10)15)14(4)7-6-12(16)13(14,2)3/h11H,1,5-9H2,2-4H3. The van der Waals surface area contributed by atoms with Crippen LogP contribution in [0.2, 0.25) is 0 Å². The van der Waals surface area contributed by atoms with Gasteiger partial charge in [0.2, 0.25) is 0 Å². The van der Waals surface area contributed by atoms with Crippen LogP contribution in [0.15, 0.2) is 12.2 Å². The number of carbonyl (C=O) groups is 1. The van der Waals surface area contributed by atoms with Gasteiger partial charge in [-0.25, -0.2) is 0 Å². The van der Waals surface area contributed by atoms with Crippen molar-refractivity contribution < 1.29 is 4.79 Å². The number of Topliss-reactive ketones (excluding diaryl/α,β-unsaturated/α-hetero) is 1. The second-order valence-electron chi connectivity index (χ2n) is 6.95. The van der Waals surface area contributed by atoms with Crippen molar-refractivity contribution in [2.45, 2.75) is 52.9 Å². The summed E-state index contributed by atoms with van der Waals surface area (Å²) in [7, 11) is 0. The van der Waals surface area contributed by atoms with Gasteiger partial charge in [0.1, 0.15) is 5.78 Å². The molecule has 0 aromatic rings. The molecule has 1 heteroatoms. The fourth-order valence-electron chi connectivity index (χ4n) is 4.73. The molecule has 0 bridgehead atoms. The smallest absolute Gasteiger partial charge is 0.139 e. The largest absolute Gasteiger partial charge is 0.299 e. The monoisotopic (exact) mass is 218 g/mol. The Morgan fingerprint density at radius 2 is 1.88 bits per heavy atom. The van der Waals surface area contributed by atoms with Crippen LogP contribution in [0, 0.1) is 22.2 Å². The molecule has 3 atom stereocenters. The number of allylic oxidation sites excluding steroid dienone is 1. The predicted molar refractivity (Wildman–Crippen MR) is 65.0 cm³/mol. The Balaban J connectivity index is 2.02. The summed E-state index contributed by atoms with van der Waals surface area (Å²) in [5.41, 5.74) is 2.00. The van der Waals surface area contributed by atoms with Crippen LogP contribution in [-0.4, -0.2) is 5.78 Å². The van der Waals surface area contributed by atoms with Crippen molar-refractivity contribution in [1.82, 2.24) is 0 Å². The second kappa shape index (κ2) is 2.63. The first-order chi connectivity index (χ1) is 7.35. The Bertz CT molecular complexity index is 392. The van der Waals surface area contributed by atoms with Crippen LogP contribution in [0.3, 0.4) is 0 Å². The molecule has 0 aromatic carbocycles. The zero-order valence-electron chi connectivity index (χ0n) is 10.7. The molecule has 0 aliphatic heterocycles. The van der Waals surface area contributed by atoms with Crippen LogP contribution in [0.25, 0.3) is 0 Å². The zero-order valence-corrected chi connectivity index (χ0v) is 10.7. The molecule has 0 heterocycles. The molecule has 0 N–H and O–H groups in total. The highest BCUT2D eigenvalue weighted by atomic mass is 16.1. The number of hydrogen-bond donors (Lipinski definition) is 0. The fraction of sp³-hybridized carbons (Fsp3) is 0.800. The van der Waals surface area contributed by atoms with Crippen LogP contribution in [0.5, 0.6) is 0 Å². The van der Waals surface area contributed by atoms with E-state index in [1.165, 1.54) is 24.8 Å². The lowest BCUT2D eigenvalue weighted by molar-refractivity contribution is -0.129. The quantitative estimate of drug-likeness (QED) is 0.613. The Morgan fingerprint density at radius 3 is 2.25 bits per heavy atom. The molecule has 0 radical (unpaired) electrons. The van der Waals surface area contributed by atoms with Crippen LogP contribution in [0.4, 0.5) is 0 Å². The molecule has 3 aliphatic carbocycles. The van der Waals surface area contributed by atoms with Crippen LogP contribution >= 0.6 is 0 Å². The number of hydrogen-bond acceptors (Lipinski definition) is 1. The summed E-state index contributed by atoms with van der Waals surface area (Å²) in [6.07, 6.45) is 5.68. The molecule has 3 fully saturated rings. The minimum atomic E-state index is -0.119. The predicted octanol–water partition coefficient (Wildman–Crippen LogP) is 3.74. The van der Waals surface area contributed by atoms with E-state index in [-0.39, 0.29) is 10.8 Å². The topological polar surface area (TPSA) is 17.1 Å². The summed E-state index contributed by atoms with van der Waals surface area (Å²) in [6.45, 7) is 10.9. The third-order valence-electron chi connectivity index (χ3n) is 6.49. The highest BCUT2D eigenvalue weighted by Crippen LogP contribution is 2.79. The molecule has 1 nitrogen and oxygen atoms in total. The zero-order chi connectivity index (χ0) is 11.8. The highest BCUT2D eigenvalue weighted by molar-refractivity contribution is 5.87. The van der Waals surface area contributed by atoms with Crippen molar-refractivity contribution in [1.29, 1.82) is 0 Å². The molecule has 0 aromatic heterocycles. The highest BCUT2D eigenvalue weighted by Gasteiger charge is 2.73. The molecule has 3 aliphatic rings. The number of ketones is 1. The van der Waals surface area contributed by atoms with E-state index >= 15 is 0 Å². The average Bonchev–Trinajstić information content (AvgIpc) is 2.84. The third kappa shape index (κ3) is 0.881. The summed E-state index contributed by atoms with van der Waals surface area (Å²) in [5.74, 6) is 1.22. The van der Waals surface area contributed by atoms with Gasteiger partial charge in [-0.1, -0.05) is 32.9 Å². The molecular weight excluding hydrogens is 196 g/mol. The SMILES string of the molecule is C=C1CCC2(C3(C)CCC(=O)C3(C)C)CC12. The first kappa shape index (κ1) is 10.6. The molecule has 0 spiro atoms. The van der Waals surface area contributed by atoms with Gasteiger partial charge >= 0.3 is 0 Å². The third-order valence-corrected chi connectivity index (χ3v) is 6.49. The fourth-order valence-corrected chi connectivity index (χ4v) is 4.73. The lowest BCUT2D eigenvalue weighted by atomic mass is 9.59. The van der Waals surface area contributed by atoms with E-state index < -0.39 is 0 Å². The minimum absolute atomic E-state index is 0.119. The Labute approximate surface area is 98.3 Å². The van der Waals surface area contributed by atoms with Gasteiger partial charge in [-0.3, -0.25) is 4.79 Å². The summed E-state index contributed by atoms with van der Waals surface area (Å²) in [5, 5.41) is 0. The van der Waals surface area contributed by atoms with Gasteiger partial charge in [0.25, 0.3) is 0 Å². The maximum absolute atomic E-state index is 12.1. The summed E-state index contributed by atoms with van der Waals surface area (Å²) in [6, 6.07) is 0. The number of carbonyl (C=O) groups excluding carboxylic acids is 1. The van der Waals surface area contributed by atoms with E-state index in [1.807, 2.05) is 0 Å². The molecule has 3 rings (SSSR count). The van der Waals surface area contributed by atoms with Crippen molar-refractivity contribution >= 4 is 5.78 Å². The first-order valence-corrected chi connectivity index (χ1v) is 6.56. The van der Waals surface area contributed by atoms with Gasteiger partial charge in [-0.2, -0.15) is 0 Å². The first-order valence-electron chi connectivity index (χ1n) is 6.56. The summed E-state index contributed by atoms with van der Waals surface area (Å²) >= 11 is 0. The number of rotatable bonds is 1. The molecule has 88 valence electrons. The lowest BCUT2D eigenvalue weighted by Gasteiger charge is -2.44. The van der Waals surface area contributed by atoms with Crippen LogP contribution < -0.4 is 0 Å². The van der Waals surface area contributed by atoms with Gasteiger partial charge in [-0.05, 0) is 42.4 Å². The van der Waals surface area contributed by atoms with Crippen molar-refractivity contribution in [3.8, 4) is 0 Å². The average molecular weight is 218 g/mol. The van der Waals surface area contributed by atoms with Crippen LogP contribution in [0.1, 0.15) is 52.9 Å². The van der Waals surface area contributed by atoms with Crippen molar-refractivity contribution in [2.75, 3.05) is 0 Å². The van der Waals surface area contributed by atoms with Crippen LogP contribution in [-0.2, 0) is 4.79 Å². The van der Waals surface area contributed by atoms with Gasteiger partial charge in [-0.15, -0.1) is 0 Å². The Hall–Kier alpha value is -0.590. The van der Waals surface area contributed by atoms with Gasteiger partial charge in [0, 0.05) is 11.8 Å². The lowest BCUT2D eigenvalue weighted by Crippen LogP contribution is -2.41. The molecule has 3 unspecified atom stereocenters. The van der Waals surface area contributed by atoms with Crippen molar-refractivity contribution in [2.24, 2.45) is 22.2 Å². The molecule has 0 saturated heterocycles. The van der Waals surface area contributed by atoms with Gasteiger partial charge in [0.15, 0.2) is 0 Å². The van der Waals surface area contributed by atoms with Crippen molar-refractivity contribution in [3.63, 3.8) is 0 Å². The maximum atomic E-state index is 12.1. The van der Waals surface area contributed by atoms with E-state index in [2.05, 4.69) is 27.4 Å². The minimum Gasteiger partial charge on any atom is -0.299 e. The Morgan fingerprint density at radius 1 is 1.19 bits per heavy atom. The van der Waals surface area contributed by atoms with Gasteiger partial charge < -0.3 is 0 Å². The summed E-state index contributed by atoms with van der Waals surface area (Å²) in [4.78, 5) is 12.1. The number of fused-ring (bicyclic) bond motifs is 1. The van der Waals surface area contributed by atoms with Gasteiger partial charge in [0.05, 0.1) is 0 Å². The molecule has 0 amide bonds. The van der Waals surface area contributed by atoms with E-state index in [1.54, 1.807) is 0 Å². The Kier molecular flexibility index (Phi) is 1.73. The van der Waals surface area contributed by atoms with E-state index in [0.717, 1.165) is 18.8 Å².